The summed E-state index contributed by atoms with van der Waals surface area (Å²) in [7, 11) is 5.42. The summed E-state index contributed by atoms with van der Waals surface area (Å²) in [5.74, 6) is 1.57. The largest absolute Gasteiger partial charge is 0.508 e. The number of nitrogens with zero attached hydrogens (tertiary/aromatic N) is 2. The second-order valence-corrected chi connectivity index (χ2v) is 5.58. The molecule has 1 saturated heterocycles. The molecule has 118 valence electrons. The molecule has 2 rings (SSSR count). The van der Waals surface area contributed by atoms with E-state index in [4.69, 9.17) is 9.47 Å². The summed E-state index contributed by atoms with van der Waals surface area (Å²) in [5.41, 5.74) is 1.03. The lowest BCUT2D eigenvalue weighted by atomic mass is 10.1. The molecule has 1 aliphatic heterocycles. The zero-order chi connectivity index (χ0) is 15.2. The number of hydrogen-bond acceptors (Lipinski definition) is 5. The van der Waals surface area contributed by atoms with Crippen LogP contribution in [0, 0.1) is 0 Å². The first-order chi connectivity index (χ1) is 10.1. The van der Waals surface area contributed by atoms with Crippen LogP contribution in [0.4, 0.5) is 0 Å². The molecule has 0 amide bonds. The van der Waals surface area contributed by atoms with Crippen molar-refractivity contribution >= 4 is 0 Å². The minimum atomic E-state index is 0.173. The smallest absolute Gasteiger partial charge is 0.129 e. The number of ether oxygens (including phenoxy) is 2. The highest BCUT2D eigenvalue weighted by Crippen LogP contribution is 2.34. The predicted octanol–water partition coefficient (Wildman–Crippen LogP) is 1.59. The number of phenols is 1. The van der Waals surface area contributed by atoms with Crippen molar-refractivity contribution in [2.75, 3.05) is 54.0 Å². The van der Waals surface area contributed by atoms with E-state index in [2.05, 4.69) is 16.8 Å². The van der Waals surface area contributed by atoms with Crippen molar-refractivity contribution in [1.29, 1.82) is 0 Å². The van der Waals surface area contributed by atoms with Crippen molar-refractivity contribution in [2.24, 2.45) is 0 Å². The molecule has 0 aromatic heterocycles. The molecule has 5 heteroatoms. The third-order valence-electron chi connectivity index (χ3n) is 4.09. The van der Waals surface area contributed by atoms with Crippen LogP contribution in [-0.2, 0) is 6.42 Å². The van der Waals surface area contributed by atoms with E-state index in [0.29, 0.717) is 11.5 Å². The highest BCUT2D eigenvalue weighted by molar-refractivity contribution is 5.50. The molecule has 0 atom stereocenters. The normalized spacial score (nSPS) is 16.9. The number of likely N-dealkylation sites (N-methyl/N-ethyl adjacent to an activating group) is 1. The molecule has 1 fully saturated rings. The average molecular weight is 294 g/mol. The molecular formula is C16H26N2O3. The van der Waals surface area contributed by atoms with Gasteiger partial charge in [-0.05, 0) is 26.4 Å². The van der Waals surface area contributed by atoms with Crippen molar-refractivity contribution in [3.63, 3.8) is 0 Å². The second kappa shape index (κ2) is 7.52. The first-order valence-corrected chi connectivity index (χ1v) is 7.48. The van der Waals surface area contributed by atoms with E-state index in [9.17, 15) is 5.11 Å². The standard InChI is InChI=1S/C16H26N2O3/c1-17-7-9-18(10-8-17)6-4-5-14-15(20-2)11-13(19)12-16(14)21-3/h11-12,19H,4-10H2,1-3H3. The zero-order valence-corrected chi connectivity index (χ0v) is 13.3. The van der Waals surface area contributed by atoms with Crippen LogP contribution in [0.5, 0.6) is 17.2 Å². The van der Waals surface area contributed by atoms with Gasteiger partial charge in [-0.15, -0.1) is 0 Å². The molecule has 1 aromatic rings. The molecule has 0 saturated carbocycles. The van der Waals surface area contributed by atoms with Crippen LogP contribution in [0.15, 0.2) is 12.1 Å². The highest BCUT2D eigenvalue weighted by Gasteiger charge is 2.15. The van der Waals surface area contributed by atoms with Gasteiger partial charge in [-0.1, -0.05) is 0 Å². The number of benzene rings is 1. The molecule has 0 bridgehead atoms. The highest BCUT2D eigenvalue weighted by atomic mass is 16.5. The van der Waals surface area contributed by atoms with Gasteiger partial charge in [-0.3, -0.25) is 0 Å². The molecular weight excluding hydrogens is 268 g/mol. The van der Waals surface area contributed by atoms with E-state index in [1.807, 2.05) is 0 Å². The van der Waals surface area contributed by atoms with Gasteiger partial charge in [-0.2, -0.15) is 0 Å². The summed E-state index contributed by atoms with van der Waals surface area (Å²) >= 11 is 0. The molecule has 0 spiro atoms. The number of piperazine rings is 1. The van der Waals surface area contributed by atoms with Crippen LogP contribution in [0.2, 0.25) is 0 Å². The Hall–Kier alpha value is -1.46. The Morgan fingerprint density at radius 3 is 2.14 bits per heavy atom. The minimum absolute atomic E-state index is 0.173. The Morgan fingerprint density at radius 2 is 1.62 bits per heavy atom. The SMILES string of the molecule is COc1cc(O)cc(OC)c1CCCN1CCN(C)CC1. The maximum atomic E-state index is 9.66. The maximum absolute atomic E-state index is 9.66. The number of methoxy groups -OCH3 is 2. The Morgan fingerprint density at radius 1 is 1.05 bits per heavy atom. The number of hydrogen-bond donors (Lipinski definition) is 1. The van der Waals surface area contributed by atoms with Gasteiger partial charge in [0.25, 0.3) is 0 Å². The average Bonchev–Trinajstić information content (AvgIpc) is 2.49. The molecule has 1 aromatic carbocycles. The molecule has 1 N–H and O–H groups in total. The topological polar surface area (TPSA) is 45.2 Å². The molecule has 0 unspecified atom stereocenters. The number of phenolic OH excluding ortho intramolecular Hbond substituents is 1. The lowest BCUT2D eigenvalue weighted by molar-refractivity contribution is 0.153. The summed E-state index contributed by atoms with van der Waals surface area (Å²) in [5, 5.41) is 9.66. The van der Waals surface area contributed by atoms with Crippen molar-refractivity contribution in [3.05, 3.63) is 17.7 Å². The van der Waals surface area contributed by atoms with Gasteiger partial charge in [-0.25, -0.2) is 0 Å². The summed E-state index contributed by atoms with van der Waals surface area (Å²) in [4.78, 5) is 4.86. The van der Waals surface area contributed by atoms with Gasteiger partial charge in [0.1, 0.15) is 17.2 Å². The Balaban J connectivity index is 1.93. The van der Waals surface area contributed by atoms with E-state index >= 15 is 0 Å². The molecule has 1 aliphatic rings. The molecule has 5 nitrogen and oxygen atoms in total. The summed E-state index contributed by atoms with van der Waals surface area (Å²) in [6, 6.07) is 3.29. The van der Waals surface area contributed by atoms with Crippen molar-refractivity contribution in [3.8, 4) is 17.2 Å². The maximum Gasteiger partial charge on any atom is 0.129 e. The Labute approximate surface area is 127 Å². The van der Waals surface area contributed by atoms with Crippen LogP contribution in [-0.4, -0.2) is 68.9 Å². The van der Waals surface area contributed by atoms with Crippen LogP contribution in [0.1, 0.15) is 12.0 Å². The van der Waals surface area contributed by atoms with E-state index < -0.39 is 0 Å². The number of aromatic hydroxyl groups is 1. The molecule has 21 heavy (non-hydrogen) atoms. The summed E-state index contributed by atoms with van der Waals surface area (Å²) in [6.45, 7) is 5.65. The van der Waals surface area contributed by atoms with E-state index in [-0.39, 0.29) is 5.75 Å². The Bertz CT molecular complexity index is 432. The zero-order valence-electron chi connectivity index (χ0n) is 13.3. The van der Waals surface area contributed by atoms with Crippen LogP contribution in [0.3, 0.4) is 0 Å². The lowest BCUT2D eigenvalue weighted by Crippen LogP contribution is -2.44. The van der Waals surface area contributed by atoms with Gasteiger partial charge < -0.3 is 24.4 Å². The molecule has 0 aliphatic carbocycles. The van der Waals surface area contributed by atoms with Gasteiger partial charge in [0.05, 0.1) is 14.2 Å². The first-order valence-electron chi connectivity index (χ1n) is 7.48. The van der Waals surface area contributed by atoms with Crippen LogP contribution in [0.25, 0.3) is 0 Å². The first kappa shape index (κ1) is 15.9. The fourth-order valence-corrected chi connectivity index (χ4v) is 2.77. The van der Waals surface area contributed by atoms with Gasteiger partial charge in [0.15, 0.2) is 0 Å². The van der Waals surface area contributed by atoms with Gasteiger partial charge >= 0.3 is 0 Å². The predicted molar refractivity (Wildman–Crippen MR) is 83.5 cm³/mol. The summed E-state index contributed by atoms with van der Waals surface area (Å²) in [6.07, 6.45) is 1.94. The van der Waals surface area contributed by atoms with E-state index in [1.165, 1.54) is 0 Å². The van der Waals surface area contributed by atoms with Gasteiger partial charge in [0, 0.05) is 43.9 Å². The third-order valence-corrected chi connectivity index (χ3v) is 4.09. The summed E-state index contributed by atoms with van der Waals surface area (Å²) < 4.78 is 10.7. The lowest BCUT2D eigenvalue weighted by Gasteiger charge is -2.32. The quantitative estimate of drug-likeness (QED) is 0.863. The second-order valence-electron chi connectivity index (χ2n) is 5.58. The van der Waals surface area contributed by atoms with Crippen LogP contribution < -0.4 is 9.47 Å². The minimum Gasteiger partial charge on any atom is -0.508 e. The third kappa shape index (κ3) is 4.25. The molecule has 1 heterocycles. The monoisotopic (exact) mass is 294 g/mol. The van der Waals surface area contributed by atoms with E-state index in [1.54, 1.807) is 26.4 Å². The Kier molecular flexibility index (Phi) is 5.70. The molecule has 0 radical (unpaired) electrons. The fourth-order valence-electron chi connectivity index (χ4n) is 2.77. The van der Waals surface area contributed by atoms with Crippen molar-refractivity contribution < 1.29 is 14.6 Å². The fraction of sp³-hybridized carbons (Fsp3) is 0.625. The van der Waals surface area contributed by atoms with Crippen LogP contribution >= 0.6 is 0 Å². The number of rotatable bonds is 6. The van der Waals surface area contributed by atoms with Gasteiger partial charge in [0.2, 0.25) is 0 Å². The van der Waals surface area contributed by atoms with Crippen molar-refractivity contribution in [2.45, 2.75) is 12.8 Å². The van der Waals surface area contributed by atoms with E-state index in [0.717, 1.165) is 51.1 Å². The van der Waals surface area contributed by atoms with Crippen molar-refractivity contribution in [1.82, 2.24) is 9.80 Å².